The van der Waals surface area contributed by atoms with Gasteiger partial charge in [-0.3, -0.25) is 0 Å². The molecule has 0 radical (unpaired) electrons. The van der Waals surface area contributed by atoms with Gasteiger partial charge >= 0.3 is 5.97 Å². The summed E-state index contributed by atoms with van der Waals surface area (Å²) in [5.41, 5.74) is 2.86. The Morgan fingerprint density at radius 1 is 1.36 bits per heavy atom. The average Bonchev–Trinajstić information content (AvgIpc) is 3.14. The van der Waals surface area contributed by atoms with Crippen LogP contribution in [0.25, 0.3) is 11.5 Å². The van der Waals surface area contributed by atoms with E-state index < -0.39 is 5.97 Å². The molecule has 0 N–H and O–H groups in total. The Kier molecular flexibility index (Phi) is 4.17. The minimum absolute atomic E-state index is 0.104. The van der Waals surface area contributed by atoms with E-state index in [4.69, 9.17) is 20.8 Å². The van der Waals surface area contributed by atoms with Crippen molar-refractivity contribution in [2.45, 2.75) is 13.5 Å². The van der Waals surface area contributed by atoms with Crippen LogP contribution >= 0.6 is 22.9 Å². The maximum atomic E-state index is 11.9. The van der Waals surface area contributed by atoms with Gasteiger partial charge in [-0.05, 0) is 19.1 Å². The molecule has 0 saturated heterocycles. The van der Waals surface area contributed by atoms with Crippen molar-refractivity contribution in [3.63, 3.8) is 0 Å². The van der Waals surface area contributed by atoms with Crippen LogP contribution in [0.4, 0.5) is 0 Å². The highest BCUT2D eigenvalue weighted by molar-refractivity contribution is 7.11. The maximum absolute atomic E-state index is 11.9. The number of hydrogen-bond acceptors (Lipinski definition) is 7. The molecule has 0 spiro atoms. The van der Waals surface area contributed by atoms with E-state index in [1.807, 2.05) is 12.1 Å². The van der Waals surface area contributed by atoms with Crippen LogP contribution in [0.15, 0.2) is 34.2 Å². The summed E-state index contributed by atoms with van der Waals surface area (Å²) in [5, 5.41) is 8.26. The van der Waals surface area contributed by atoms with Gasteiger partial charge in [-0.15, -0.1) is 21.5 Å². The van der Waals surface area contributed by atoms with Crippen LogP contribution in [0.3, 0.4) is 0 Å². The third-order valence-corrected chi connectivity index (χ3v) is 4.07. The third kappa shape index (κ3) is 3.00. The Balaban J connectivity index is 1.69. The Hall–Kier alpha value is -2.25. The first-order chi connectivity index (χ1) is 10.6. The van der Waals surface area contributed by atoms with Gasteiger partial charge < -0.3 is 9.15 Å². The number of esters is 1. The molecule has 3 rings (SSSR count). The molecule has 22 heavy (non-hydrogen) atoms. The van der Waals surface area contributed by atoms with E-state index >= 15 is 0 Å². The number of carbonyl (C=O) groups is 1. The van der Waals surface area contributed by atoms with Crippen molar-refractivity contribution in [1.82, 2.24) is 15.2 Å². The van der Waals surface area contributed by atoms with Gasteiger partial charge in [0.2, 0.25) is 5.89 Å². The molecule has 112 valence electrons. The number of rotatable bonds is 4. The van der Waals surface area contributed by atoms with Crippen molar-refractivity contribution in [3.8, 4) is 11.5 Å². The third-order valence-electron chi connectivity index (χ3n) is 2.83. The molecule has 0 atom stereocenters. The van der Waals surface area contributed by atoms with E-state index in [1.165, 1.54) is 11.3 Å². The van der Waals surface area contributed by atoms with E-state index in [9.17, 15) is 4.79 Å². The highest BCUT2D eigenvalue weighted by Crippen LogP contribution is 2.26. The lowest BCUT2D eigenvalue weighted by Crippen LogP contribution is -2.05. The van der Waals surface area contributed by atoms with Gasteiger partial charge in [0.05, 0.1) is 21.8 Å². The predicted octanol–water partition coefficient (Wildman–Crippen LogP) is 3.51. The number of aryl methyl sites for hydroxylation is 1. The lowest BCUT2D eigenvalue weighted by atomic mass is 10.2. The Morgan fingerprint density at radius 2 is 2.18 bits per heavy atom. The van der Waals surface area contributed by atoms with E-state index in [-0.39, 0.29) is 18.4 Å². The van der Waals surface area contributed by atoms with E-state index in [0.717, 1.165) is 0 Å². The Labute approximate surface area is 134 Å². The Morgan fingerprint density at radius 3 is 2.91 bits per heavy atom. The van der Waals surface area contributed by atoms with E-state index in [2.05, 4.69) is 15.2 Å². The summed E-state index contributed by atoms with van der Waals surface area (Å²) in [7, 11) is 0. The summed E-state index contributed by atoms with van der Waals surface area (Å²) >= 11 is 7.29. The summed E-state index contributed by atoms with van der Waals surface area (Å²) in [6.45, 7) is 1.64. The first-order valence-corrected chi connectivity index (χ1v) is 7.55. The fourth-order valence-corrected chi connectivity index (χ4v) is 2.66. The van der Waals surface area contributed by atoms with Crippen LogP contribution < -0.4 is 0 Å². The SMILES string of the molecule is Cc1ncsc1C(=O)OCc1nnc(-c2ccccc2Cl)o1. The molecule has 0 amide bonds. The minimum Gasteiger partial charge on any atom is -0.451 e. The lowest BCUT2D eigenvalue weighted by molar-refractivity contribution is 0.0443. The molecule has 0 fully saturated rings. The number of carbonyl (C=O) groups excluding carboxylic acids is 1. The maximum Gasteiger partial charge on any atom is 0.350 e. The fraction of sp³-hybridized carbons (Fsp3) is 0.143. The highest BCUT2D eigenvalue weighted by atomic mass is 35.5. The molecule has 2 aromatic heterocycles. The molecule has 6 nitrogen and oxygen atoms in total. The molecule has 0 saturated carbocycles. The van der Waals surface area contributed by atoms with Crippen LogP contribution in [0.2, 0.25) is 5.02 Å². The second kappa shape index (κ2) is 6.25. The van der Waals surface area contributed by atoms with Gasteiger partial charge in [0, 0.05) is 0 Å². The van der Waals surface area contributed by atoms with Gasteiger partial charge in [-0.2, -0.15) is 0 Å². The molecular formula is C14H10ClN3O3S. The van der Waals surface area contributed by atoms with Crippen molar-refractivity contribution in [3.05, 3.63) is 51.3 Å². The zero-order valence-corrected chi connectivity index (χ0v) is 13.0. The number of aromatic nitrogens is 3. The van der Waals surface area contributed by atoms with Crippen molar-refractivity contribution in [2.24, 2.45) is 0 Å². The molecule has 3 aromatic rings. The Bertz CT molecular complexity index is 815. The minimum atomic E-state index is -0.461. The number of nitrogens with zero attached hydrogens (tertiary/aromatic N) is 3. The van der Waals surface area contributed by atoms with Crippen molar-refractivity contribution in [1.29, 1.82) is 0 Å². The van der Waals surface area contributed by atoms with E-state index in [1.54, 1.807) is 24.6 Å². The summed E-state index contributed by atoms with van der Waals surface area (Å²) < 4.78 is 10.6. The number of hydrogen-bond donors (Lipinski definition) is 0. The standard InChI is InChI=1S/C14H10ClN3O3S/c1-8-12(22-7-16-8)14(19)20-6-11-17-18-13(21-11)9-4-2-3-5-10(9)15/h2-5,7H,6H2,1H3. The average molecular weight is 336 g/mol. The van der Waals surface area contributed by atoms with Crippen molar-refractivity contribution in [2.75, 3.05) is 0 Å². The summed E-state index contributed by atoms with van der Waals surface area (Å²) in [4.78, 5) is 16.3. The van der Waals surface area contributed by atoms with E-state index in [0.29, 0.717) is 21.2 Å². The fourth-order valence-electron chi connectivity index (χ4n) is 1.75. The summed E-state index contributed by atoms with van der Waals surface area (Å²) in [6, 6.07) is 7.12. The van der Waals surface area contributed by atoms with Crippen molar-refractivity contribution >= 4 is 28.9 Å². The number of benzene rings is 1. The van der Waals surface area contributed by atoms with Gasteiger partial charge in [0.25, 0.3) is 5.89 Å². The van der Waals surface area contributed by atoms with Crippen LogP contribution in [-0.2, 0) is 11.3 Å². The second-order valence-corrected chi connectivity index (χ2v) is 5.59. The monoisotopic (exact) mass is 335 g/mol. The predicted molar refractivity (Wildman–Crippen MR) is 80.7 cm³/mol. The topological polar surface area (TPSA) is 78.1 Å². The molecule has 1 aromatic carbocycles. The molecule has 8 heteroatoms. The zero-order chi connectivity index (χ0) is 15.5. The lowest BCUT2D eigenvalue weighted by Gasteiger charge is -2.00. The van der Waals surface area contributed by atoms with Gasteiger partial charge in [0.15, 0.2) is 6.61 Å². The van der Waals surface area contributed by atoms with Gasteiger partial charge in [-0.25, -0.2) is 9.78 Å². The normalized spacial score (nSPS) is 10.6. The summed E-state index contributed by atoms with van der Waals surface area (Å²) in [5.74, 6) is 0.0218. The molecule has 2 heterocycles. The van der Waals surface area contributed by atoms with Gasteiger partial charge in [0.1, 0.15) is 4.88 Å². The molecule has 0 aliphatic carbocycles. The number of thiazole rings is 1. The van der Waals surface area contributed by atoms with Crippen LogP contribution in [0, 0.1) is 6.92 Å². The molecular weight excluding hydrogens is 326 g/mol. The highest BCUT2D eigenvalue weighted by Gasteiger charge is 2.16. The zero-order valence-electron chi connectivity index (χ0n) is 11.4. The second-order valence-electron chi connectivity index (χ2n) is 4.32. The smallest absolute Gasteiger partial charge is 0.350 e. The molecule has 0 bridgehead atoms. The number of halogens is 1. The summed E-state index contributed by atoms with van der Waals surface area (Å²) in [6.07, 6.45) is 0. The van der Waals surface area contributed by atoms with Crippen molar-refractivity contribution < 1.29 is 13.9 Å². The van der Waals surface area contributed by atoms with Crippen LogP contribution in [-0.4, -0.2) is 21.2 Å². The first kappa shape index (κ1) is 14.7. The van der Waals surface area contributed by atoms with Crippen LogP contribution in [0.1, 0.15) is 21.3 Å². The number of ether oxygens (including phenoxy) is 1. The first-order valence-electron chi connectivity index (χ1n) is 6.29. The quantitative estimate of drug-likeness (QED) is 0.679. The molecule has 0 aliphatic heterocycles. The van der Waals surface area contributed by atoms with Gasteiger partial charge in [-0.1, -0.05) is 23.7 Å². The molecule has 0 unspecified atom stereocenters. The van der Waals surface area contributed by atoms with Crippen LogP contribution in [0.5, 0.6) is 0 Å². The largest absolute Gasteiger partial charge is 0.451 e. The molecule has 0 aliphatic rings.